The van der Waals surface area contributed by atoms with Gasteiger partial charge in [0.2, 0.25) is 5.13 Å². The highest BCUT2D eigenvalue weighted by molar-refractivity contribution is 7.14. The molecular formula is C29H23N5O4S. The van der Waals surface area contributed by atoms with E-state index in [2.05, 4.69) is 0 Å². The molecule has 0 amide bonds. The zero-order chi connectivity index (χ0) is 26.9. The molecule has 39 heavy (non-hydrogen) atoms. The summed E-state index contributed by atoms with van der Waals surface area (Å²) in [5.74, 6) is -0.00484. The molecule has 194 valence electrons. The number of thiazole rings is 1. The van der Waals surface area contributed by atoms with Crippen molar-refractivity contribution in [2.24, 2.45) is 11.0 Å². The van der Waals surface area contributed by atoms with Crippen LogP contribution in [-0.2, 0) is 0 Å². The molecule has 0 bridgehead atoms. The number of hydrogen-bond acceptors (Lipinski definition) is 8. The van der Waals surface area contributed by atoms with Crippen LogP contribution in [0.25, 0.3) is 17.3 Å². The summed E-state index contributed by atoms with van der Waals surface area (Å²) < 4.78 is 0. The summed E-state index contributed by atoms with van der Waals surface area (Å²) in [5, 5.41) is 32.6. The van der Waals surface area contributed by atoms with Gasteiger partial charge in [-0.15, -0.1) is 11.3 Å². The Kier molecular flexibility index (Phi) is 6.45. The number of nitro groups is 2. The van der Waals surface area contributed by atoms with E-state index in [1.165, 1.54) is 23.5 Å². The molecule has 0 spiro atoms. The first kappa shape index (κ1) is 24.6. The van der Waals surface area contributed by atoms with Crippen LogP contribution in [0.3, 0.4) is 0 Å². The lowest BCUT2D eigenvalue weighted by Crippen LogP contribution is -2.28. The van der Waals surface area contributed by atoms with Crippen LogP contribution in [0, 0.1) is 26.1 Å². The van der Waals surface area contributed by atoms with Gasteiger partial charge in [-0.05, 0) is 42.0 Å². The number of rotatable bonds is 6. The van der Waals surface area contributed by atoms with Crippen LogP contribution >= 0.6 is 11.3 Å². The summed E-state index contributed by atoms with van der Waals surface area (Å²) in [7, 11) is 0. The lowest BCUT2D eigenvalue weighted by Gasteiger charge is -2.29. The molecular weight excluding hydrogens is 514 g/mol. The predicted octanol–water partition coefficient (Wildman–Crippen LogP) is 7.43. The third-order valence-electron chi connectivity index (χ3n) is 7.10. The largest absolute Gasteiger partial charge is 0.270 e. The van der Waals surface area contributed by atoms with Gasteiger partial charge < -0.3 is 0 Å². The molecule has 0 radical (unpaired) electrons. The lowest BCUT2D eigenvalue weighted by atomic mass is 9.77. The highest BCUT2D eigenvalue weighted by atomic mass is 32.1. The number of hydrogen-bond donors (Lipinski definition) is 0. The van der Waals surface area contributed by atoms with Crippen molar-refractivity contribution < 1.29 is 9.85 Å². The number of non-ortho nitro benzene ring substituents is 2. The second kappa shape index (κ2) is 10.2. The van der Waals surface area contributed by atoms with Crippen molar-refractivity contribution >= 4 is 39.6 Å². The van der Waals surface area contributed by atoms with Crippen LogP contribution in [0.2, 0.25) is 0 Å². The molecule has 2 atom stereocenters. The Morgan fingerprint density at radius 2 is 1.67 bits per heavy atom. The SMILES string of the molecule is O=[N+]([O-])c1cccc(/C=C2\CCC[C@H]3C2=NN(c2nc(-c4ccccc4)cs2)[C@H]3c2cccc([N+](=O)[O-])c2)c1. The molecule has 4 aromatic rings. The number of benzene rings is 3. The second-order valence-electron chi connectivity index (χ2n) is 9.53. The van der Waals surface area contributed by atoms with Gasteiger partial charge in [0, 0.05) is 41.1 Å². The molecule has 0 N–H and O–H groups in total. The van der Waals surface area contributed by atoms with Crippen molar-refractivity contribution in [3.05, 3.63) is 121 Å². The number of aromatic nitrogens is 1. The van der Waals surface area contributed by atoms with Crippen LogP contribution in [0.4, 0.5) is 16.5 Å². The van der Waals surface area contributed by atoms with Gasteiger partial charge in [0.05, 0.1) is 27.3 Å². The molecule has 1 aromatic heterocycles. The maximum atomic E-state index is 11.6. The minimum atomic E-state index is -0.397. The summed E-state index contributed by atoms with van der Waals surface area (Å²) >= 11 is 1.49. The Hall–Kier alpha value is -4.70. The number of fused-ring (bicyclic) bond motifs is 1. The minimum absolute atomic E-state index is 0.00484. The van der Waals surface area contributed by atoms with Gasteiger partial charge in [-0.1, -0.05) is 54.6 Å². The van der Waals surface area contributed by atoms with Crippen molar-refractivity contribution in [3.8, 4) is 11.3 Å². The Morgan fingerprint density at radius 1 is 0.923 bits per heavy atom. The fraction of sp³-hybridized carbons (Fsp3) is 0.172. The summed E-state index contributed by atoms with van der Waals surface area (Å²) in [6, 6.07) is 23.0. The van der Waals surface area contributed by atoms with E-state index < -0.39 is 4.92 Å². The van der Waals surface area contributed by atoms with Crippen molar-refractivity contribution in [2.75, 3.05) is 5.01 Å². The van der Waals surface area contributed by atoms with Crippen LogP contribution < -0.4 is 5.01 Å². The predicted molar refractivity (Wildman–Crippen MR) is 152 cm³/mol. The fourth-order valence-electron chi connectivity index (χ4n) is 5.35. The average molecular weight is 538 g/mol. The van der Waals surface area contributed by atoms with E-state index in [1.807, 2.05) is 58.9 Å². The molecule has 1 fully saturated rings. The van der Waals surface area contributed by atoms with E-state index in [0.717, 1.165) is 52.9 Å². The Morgan fingerprint density at radius 3 is 2.44 bits per heavy atom. The number of anilines is 1. The first-order valence-electron chi connectivity index (χ1n) is 12.6. The highest BCUT2D eigenvalue weighted by Gasteiger charge is 2.43. The Bertz CT molecular complexity index is 1630. The van der Waals surface area contributed by atoms with Crippen LogP contribution in [0.15, 0.2) is 94.9 Å². The second-order valence-corrected chi connectivity index (χ2v) is 10.4. The van der Waals surface area contributed by atoms with Gasteiger partial charge in [0.1, 0.15) is 0 Å². The molecule has 2 aliphatic rings. The highest BCUT2D eigenvalue weighted by Crippen LogP contribution is 2.47. The summed E-state index contributed by atoms with van der Waals surface area (Å²) in [4.78, 5) is 27.0. The molecule has 1 saturated carbocycles. The Balaban J connectivity index is 1.44. The van der Waals surface area contributed by atoms with Gasteiger partial charge in [0.25, 0.3) is 11.4 Å². The number of nitrogens with zero attached hydrogens (tertiary/aromatic N) is 5. The van der Waals surface area contributed by atoms with Crippen molar-refractivity contribution in [3.63, 3.8) is 0 Å². The minimum Gasteiger partial charge on any atom is -0.258 e. The molecule has 2 heterocycles. The monoisotopic (exact) mass is 537 g/mol. The van der Waals surface area contributed by atoms with E-state index in [9.17, 15) is 20.2 Å². The quantitative estimate of drug-likeness (QED) is 0.187. The van der Waals surface area contributed by atoms with Gasteiger partial charge >= 0.3 is 0 Å². The van der Waals surface area contributed by atoms with E-state index in [0.29, 0.717) is 5.13 Å². The Labute approximate surface area is 228 Å². The molecule has 0 unspecified atom stereocenters. The lowest BCUT2D eigenvalue weighted by molar-refractivity contribution is -0.385. The summed E-state index contributed by atoms with van der Waals surface area (Å²) in [6.07, 6.45) is 4.55. The molecule has 3 aromatic carbocycles. The van der Waals surface area contributed by atoms with E-state index >= 15 is 0 Å². The maximum Gasteiger partial charge on any atom is 0.270 e. The van der Waals surface area contributed by atoms with Crippen molar-refractivity contribution in [2.45, 2.75) is 25.3 Å². The van der Waals surface area contributed by atoms with Gasteiger partial charge in [-0.2, -0.15) is 5.10 Å². The molecule has 9 nitrogen and oxygen atoms in total. The third-order valence-corrected chi connectivity index (χ3v) is 7.93. The maximum absolute atomic E-state index is 11.6. The normalized spacial score (nSPS) is 19.5. The van der Waals surface area contributed by atoms with Crippen molar-refractivity contribution in [1.82, 2.24) is 4.98 Å². The summed E-state index contributed by atoms with van der Waals surface area (Å²) in [5.41, 5.74) is 5.39. The van der Waals surface area contributed by atoms with Crippen LogP contribution in [-0.4, -0.2) is 20.5 Å². The first-order chi connectivity index (χ1) is 19.0. The molecule has 1 aliphatic heterocycles. The van der Waals surface area contributed by atoms with Crippen molar-refractivity contribution in [1.29, 1.82) is 0 Å². The van der Waals surface area contributed by atoms with Gasteiger partial charge in [-0.3, -0.25) is 20.2 Å². The first-order valence-corrected chi connectivity index (χ1v) is 13.4. The van der Waals surface area contributed by atoms with Crippen LogP contribution in [0.1, 0.15) is 36.4 Å². The summed E-state index contributed by atoms with van der Waals surface area (Å²) in [6.45, 7) is 0. The van der Waals surface area contributed by atoms with Gasteiger partial charge in [-0.25, -0.2) is 9.99 Å². The molecule has 10 heteroatoms. The zero-order valence-electron chi connectivity index (χ0n) is 20.7. The smallest absolute Gasteiger partial charge is 0.258 e. The zero-order valence-corrected chi connectivity index (χ0v) is 21.5. The standard InChI is InChI=1S/C29H23N5O4S/c35-33(36)23-12-4-7-19(16-23)15-21-10-6-14-25-27(21)31-32(28(25)22-11-5-13-24(17-22)34(37)38)29-30-26(18-39-29)20-8-2-1-3-9-20/h1-5,7-9,11-13,15-18,25,28H,6,10,14H2/b21-15+/t25-,28-/m0/s1. The molecule has 0 saturated heterocycles. The van der Waals surface area contributed by atoms with Gasteiger partial charge in [0.15, 0.2) is 0 Å². The number of nitro benzene ring substituents is 2. The van der Waals surface area contributed by atoms with E-state index in [4.69, 9.17) is 10.1 Å². The third kappa shape index (κ3) is 4.82. The fourth-order valence-corrected chi connectivity index (χ4v) is 6.17. The average Bonchev–Trinajstić information content (AvgIpc) is 3.60. The van der Waals surface area contributed by atoms with E-state index in [1.54, 1.807) is 24.3 Å². The number of allylic oxidation sites excluding steroid dienone is 1. The molecule has 6 rings (SSSR count). The topological polar surface area (TPSA) is 115 Å². The number of hydrazone groups is 1. The molecule has 1 aliphatic carbocycles. The van der Waals surface area contributed by atoms with Crippen LogP contribution in [0.5, 0.6) is 0 Å². The van der Waals surface area contributed by atoms with E-state index in [-0.39, 0.29) is 28.3 Å².